The van der Waals surface area contributed by atoms with Gasteiger partial charge in [0.2, 0.25) is 0 Å². The second-order valence-corrected chi connectivity index (χ2v) is 11.9. The average molecular weight is 635 g/mol. The van der Waals surface area contributed by atoms with Crippen LogP contribution < -0.4 is 10.5 Å². The molecule has 9 nitrogen and oxygen atoms in total. The van der Waals surface area contributed by atoms with Crippen LogP contribution in [0, 0.1) is 5.82 Å². The van der Waals surface area contributed by atoms with E-state index in [1.807, 2.05) is 45.9 Å². The molecule has 2 aromatic heterocycles. The van der Waals surface area contributed by atoms with E-state index < -0.39 is 0 Å². The van der Waals surface area contributed by atoms with E-state index in [1.54, 1.807) is 49.8 Å². The van der Waals surface area contributed by atoms with Gasteiger partial charge in [-0.1, -0.05) is 23.9 Å². The maximum Gasteiger partial charge on any atom is 0.277 e. The largest absolute Gasteiger partial charge is 0.368 e. The first-order valence-electron chi connectivity index (χ1n) is 14.8. The summed E-state index contributed by atoms with van der Waals surface area (Å²) in [5.74, 6) is 0.164. The van der Waals surface area contributed by atoms with Gasteiger partial charge in [0.1, 0.15) is 12.1 Å². The zero-order chi connectivity index (χ0) is 32.0. The van der Waals surface area contributed by atoms with Crippen molar-refractivity contribution in [1.82, 2.24) is 24.4 Å². The number of amides is 1. The first kappa shape index (κ1) is 30.8. The van der Waals surface area contributed by atoms with Gasteiger partial charge in [0.15, 0.2) is 10.9 Å². The topological polar surface area (TPSA) is 101 Å². The number of hydrogen-bond donors (Lipinski definition) is 0. The molecule has 1 amide bonds. The number of thioether (sulfide) groups is 1. The van der Waals surface area contributed by atoms with Gasteiger partial charge in [-0.3, -0.25) is 19.0 Å². The van der Waals surface area contributed by atoms with Gasteiger partial charge in [-0.05, 0) is 78.7 Å². The highest BCUT2D eigenvalue weighted by atomic mass is 32.2. The number of piperazine rings is 1. The molecular weight excluding hydrogens is 603 g/mol. The summed E-state index contributed by atoms with van der Waals surface area (Å²) in [7, 11) is 0. The van der Waals surface area contributed by atoms with E-state index in [1.165, 1.54) is 30.2 Å². The summed E-state index contributed by atoms with van der Waals surface area (Å²) in [6.45, 7) is 4.09. The van der Waals surface area contributed by atoms with Crippen molar-refractivity contribution in [3.05, 3.63) is 142 Å². The zero-order valence-corrected chi connectivity index (χ0v) is 26.0. The molecule has 0 N–H and O–H groups in total. The molecule has 0 bridgehead atoms. The minimum Gasteiger partial charge on any atom is -0.368 e. The maximum atomic E-state index is 13.4. The van der Waals surface area contributed by atoms with E-state index in [0.717, 1.165) is 22.5 Å². The first-order valence-corrected chi connectivity index (χ1v) is 15.8. The predicted molar refractivity (Wildman–Crippen MR) is 175 cm³/mol. The number of halogens is 1. The fourth-order valence-electron chi connectivity index (χ4n) is 5.28. The van der Waals surface area contributed by atoms with Crippen LogP contribution in [0.3, 0.4) is 0 Å². The molecule has 3 heterocycles. The number of hydrogen-bond acceptors (Lipinski definition) is 8. The van der Waals surface area contributed by atoms with Crippen LogP contribution in [0.15, 0.2) is 108 Å². The van der Waals surface area contributed by atoms with Crippen molar-refractivity contribution < 1.29 is 14.0 Å². The van der Waals surface area contributed by atoms with Gasteiger partial charge < -0.3 is 9.80 Å². The number of carbonyl (C=O) groups is 2. The standard InChI is InChI=1S/C35H31FN6O3S/c1-24(43)27-4-10-31(11-5-27)40-14-16-41(17-15-40)34(45)28-6-12-32(13-7-28)42-21-29(18-26-19-37-23-38-20-26)33(44)39-35(42)46-22-25-2-8-30(36)9-3-25/h2-13,19-21,23H,14-18,22H2,1H3. The molecule has 5 aromatic rings. The molecule has 1 aliphatic rings. The number of ketones is 1. The summed E-state index contributed by atoms with van der Waals surface area (Å²) in [4.78, 5) is 54.7. The first-order chi connectivity index (χ1) is 22.3. The van der Waals surface area contributed by atoms with Crippen LogP contribution in [0.2, 0.25) is 0 Å². The molecule has 3 aromatic carbocycles. The summed E-state index contributed by atoms with van der Waals surface area (Å²) in [5.41, 5.74) is 4.84. The monoisotopic (exact) mass is 634 g/mol. The third kappa shape index (κ3) is 7.21. The maximum absolute atomic E-state index is 13.4. The van der Waals surface area contributed by atoms with Crippen LogP contribution in [-0.2, 0) is 12.2 Å². The highest BCUT2D eigenvalue weighted by Crippen LogP contribution is 2.25. The molecule has 0 atom stereocenters. The van der Waals surface area contributed by atoms with Gasteiger partial charge in [0.05, 0.1) is 0 Å². The molecule has 0 aliphatic carbocycles. The summed E-state index contributed by atoms with van der Waals surface area (Å²) < 4.78 is 15.3. The van der Waals surface area contributed by atoms with Crippen LogP contribution in [0.25, 0.3) is 5.69 Å². The van der Waals surface area contributed by atoms with Crippen molar-refractivity contribution in [3.8, 4) is 5.69 Å². The number of carbonyl (C=O) groups excluding carboxylic acids is 2. The lowest BCUT2D eigenvalue weighted by Crippen LogP contribution is -2.48. The quantitative estimate of drug-likeness (QED) is 0.124. The van der Waals surface area contributed by atoms with Gasteiger partial charge in [-0.25, -0.2) is 14.4 Å². The Kier molecular flexibility index (Phi) is 9.30. The van der Waals surface area contributed by atoms with E-state index >= 15 is 0 Å². The lowest BCUT2D eigenvalue weighted by Gasteiger charge is -2.36. The Morgan fingerprint density at radius 3 is 2.09 bits per heavy atom. The summed E-state index contributed by atoms with van der Waals surface area (Å²) in [6.07, 6.45) is 6.86. The Hall–Kier alpha value is -5.16. The van der Waals surface area contributed by atoms with Crippen LogP contribution >= 0.6 is 11.8 Å². The summed E-state index contributed by atoms with van der Waals surface area (Å²) in [5, 5.41) is 0.480. The molecule has 232 valence electrons. The molecule has 0 spiro atoms. The molecule has 6 rings (SSSR count). The fraction of sp³-hybridized carbons (Fsp3) is 0.200. The van der Waals surface area contributed by atoms with Crippen molar-refractivity contribution >= 4 is 29.1 Å². The van der Waals surface area contributed by atoms with Crippen LogP contribution in [0.4, 0.5) is 10.1 Å². The van der Waals surface area contributed by atoms with Crippen molar-refractivity contribution in [2.75, 3.05) is 31.1 Å². The van der Waals surface area contributed by atoms with Gasteiger partial charge in [-0.2, -0.15) is 4.98 Å². The highest BCUT2D eigenvalue weighted by Gasteiger charge is 2.23. The molecule has 1 aliphatic heterocycles. The number of anilines is 1. The Morgan fingerprint density at radius 1 is 0.804 bits per heavy atom. The molecule has 1 saturated heterocycles. The Labute approximate surface area is 269 Å². The van der Waals surface area contributed by atoms with E-state index in [-0.39, 0.29) is 23.1 Å². The molecule has 0 radical (unpaired) electrons. The zero-order valence-electron chi connectivity index (χ0n) is 25.2. The van der Waals surface area contributed by atoms with Crippen molar-refractivity contribution in [1.29, 1.82) is 0 Å². The molecule has 11 heteroatoms. The Balaban J connectivity index is 1.19. The van der Waals surface area contributed by atoms with Crippen LogP contribution in [-0.4, -0.2) is 62.3 Å². The number of benzene rings is 3. The summed E-state index contributed by atoms with van der Waals surface area (Å²) >= 11 is 1.37. The van der Waals surface area contributed by atoms with Crippen molar-refractivity contribution in [2.45, 2.75) is 24.3 Å². The second-order valence-electron chi connectivity index (χ2n) is 11.0. The van der Waals surface area contributed by atoms with Crippen molar-refractivity contribution in [3.63, 3.8) is 0 Å². The minimum absolute atomic E-state index is 0.0350. The smallest absolute Gasteiger partial charge is 0.277 e. The van der Waals surface area contributed by atoms with Crippen LogP contribution in [0.1, 0.15) is 44.3 Å². The van der Waals surface area contributed by atoms with Gasteiger partial charge >= 0.3 is 0 Å². The third-order valence-electron chi connectivity index (χ3n) is 7.85. The second kappa shape index (κ2) is 13.9. The van der Waals surface area contributed by atoms with E-state index in [9.17, 15) is 18.8 Å². The van der Waals surface area contributed by atoms with Crippen molar-refractivity contribution in [2.24, 2.45) is 0 Å². The number of rotatable bonds is 9. The highest BCUT2D eigenvalue weighted by molar-refractivity contribution is 7.98. The average Bonchev–Trinajstić information content (AvgIpc) is 3.09. The molecule has 0 saturated carbocycles. The number of nitrogens with zero attached hydrogens (tertiary/aromatic N) is 6. The van der Waals surface area contributed by atoms with Gasteiger partial charge in [0.25, 0.3) is 11.5 Å². The Morgan fingerprint density at radius 2 is 1.43 bits per heavy atom. The molecule has 0 unspecified atom stereocenters. The number of aromatic nitrogens is 4. The Bertz CT molecular complexity index is 1890. The molecule has 46 heavy (non-hydrogen) atoms. The number of Topliss-reactive ketones (excluding diaryl/α,β-unsaturated/α-hetero) is 1. The van der Waals surface area contributed by atoms with E-state index in [4.69, 9.17) is 0 Å². The minimum atomic E-state index is -0.345. The van der Waals surface area contributed by atoms with E-state index in [2.05, 4.69) is 19.9 Å². The van der Waals surface area contributed by atoms with Gasteiger partial charge in [-0.15, -0.1) is 0 Å². The molecule has 1 fully saturated rings. The van der Waals surface area contributed by atoms with Gasteiger partial charge in [0, 0.05) is 85.0 Å². The van der Waals surface area contributed by atoms with Crippen LogP contribution in [0.5, 0.6) is 0 Å². The third-order valence-corrected chi connectivity index (χ3v) is 8.87. The van der Waals surface area contributed by atoms with E-state index in [0.29, 0.717) is 60.2 Å². The fourth-order valence-corrected chi connectivity index (χ4v) is 6.21. The molecular formula is C35H31FN6O3S. The summed E-state index contributed by atoms with van der Waals surface area (Å²) in [6, 6.07) is 21.1. The SMILES string of the molecule is CC(=O)c1ccc(N2CCN(C(=O)c3ccc(-n4cc(Cc5cncnc5)c(=O)nc4SCc4ccc(F)cc4)cc3)CC2)cc1. The lowest BCUT2D eigenvalue weighted by molar-refractivity contribution is 0.0746. The lowest BCUT2D eigenvalue weighted by atomic mass is 10.1. The predicted octanol–water partition coefficient (Wildman–Crippen LogP) is 5.21. The normalized spacial score (nSPS) is 13.1.